The van der Waals surface area contributed by atoms with Gasteiger partial charge in [-0.05, 0) is 49.2 Å². The molecule has 9 heteroatoms. The molecule has 0 spiro atoms. The molecule has 0 aliphatic rings. The van der Waals surface area contributed by atoms with Crippen LogP contribution in [0.5, 0.6) is 0 Å². The molecule has 0 saturated carbocycles. The minimum atomic E-state index is -4.51. The fraction of sp³-hybridized carbons (Fsp3) is 0.222. The van der Waals surface area contributed by atoms with Gasteiger partial charge in [0.25, 0.3) is 0 Å². The molecular weight excluding hydrogens is 379 g/mol. The zero-order valence-electron chi connectivity index (χ0n) is 14.5. The first-order chi connectivity index (χ1) is 12.6. The standard InChI is InChI=1S/C18H16F3N3O2S/c1-3-13-7-9-16(10-8-13)27(25,26)17-12(2)24(23-22-17)15-6-4-5-14(11-15)18(19,20)21/h4-11H,3H2,1-2H3. The van der Waals surface area contributed by atoms with Gasteiger partial charge in [0.1, 0.15) is 0 Å². The molecule has 0 atom stereocenters. The number of halogens is 3. The topological polar surface area (TPSA) is 64.8 Å². The van der Waals surface area contributed by atoms with Crippen LogP contribution >= 0.6 is 0 Å². The number of aromatic nitrogens is 3. The minimum Gasteiger partial charge on any atom is -0.217 e. The molecule has 3 aromatic rings. The molecule has 1 aromatic heterocycles. The van der Waals surface area contributed by atoms with E-state index in [1.165, 1.54) is 31.2 Å². The predicted molar refractivity (Wildman–Crippen MR) is 92.4 cm³/mol. The Morgan fingerprint density at radius 1 is 1.07 bits per heavy atom. The molecule has 142 valence electrons. The zero-order valence-corrected chi connectivity index (χ0v) is 15.3. The van der Waals surface area contributed by atoms with Crippen LogP contribution in [0.3, 0.4) is 0 Å². The third-order valence-electron chi connectivity index (χ3n) is 4.17. The van der Waals surface area contributed by atoms with Crippen LogP contribution in [-0.2, 0) is 22.4 Å². The monoisotopic (exact) mass is 395 g/mol. The maximum atomic E-state index is 12.9. The smallest absolute Gasteiger partial charge is 0.217 e. The van der Waals surface area contributed by atoms with E-state index in [4.69, 9.17) is 0 Å². The van der Waals surface area contributed by atoms with Crippen molar-refractivity contribution in [3.05, 3.63) is 65.4 Å². The fourth-order valence-corrected chi connectivity index (χ4v) is 3.98. The molecule has 0 aliphatic carbocycles. The van der Waals surface area contributed by atoms with Gasteiger partial charge < -0.3 is 0 Å². The van der Waals surface area contributed by atoms with Crippen LogP contribution in [0, 0.1) is 6.92 Å². The summed E-state index contributed by atoms with van der Waals surface area (Å²) < 4.78 is 65.5. The molecule has 0 unspecified atom stereocenters. The molecule has 27 heavy (non-hydrogen) atoms. The Morgan fingerprint density at radius 3 is 2.33 bits per heavy atom. The summed E-state index contributed by atoms with van der Waals surface area (Å²) >= 11 is 0. The largest absolute Gasteiger partial charge is 0.416 e. The number of benzene rings is 2. The Hall–Kier alpha value is -2.68. The van der Waals surface area contributed by atoms with Crippen molar-refractivity contribution in [1.29, 1.82) is 0 Å². The highest BCUT2D eigenvalue weighted by Crippen LogP contribution is 2.31. The molecule has 0 fully saturated rings. The van der Waals surface area contributed by atoms with Gasteiger partial charge in [0.15, 0.2) is 0 Å². The Bertz CT molecular complexity index is 1070. The van der Waals surface area contributed by atoms with Gasteiger partial charge >= 0.3 is 6.18 Å². The van der Waals surface area contributed by atoms with Gasteiger partial charge in [-0.3, -0.25) is 0 Å². The summed E-state index contributed by atoms with van der Waals surface area (Å²) in [7, 11) is -3.94. The Balaban J connectivity index is 2.05. The first kappa shape index (κ1) is 19.1. The van der Waals surface area contributed by atoms with E-state index in [2.05, 4.69) is 10.3 Å². The quantitative estimate of drug-likeness (QED) is 0.670. The summed E-state index contributed by atoms with van der Waals surface area (Å²) in [6, 6.07) is 10.9. The maximum Gasteiger partial charge on any atom is 0.416 e. The highest BCUT2D eigenvalue weighted by Gasteiger charge is 2.31. The summed E-state index contributed by atoms with van der Waals surface area (Å²) in [5.74, 6) is 0. The van der Waals surface area contributed by atoms with Gasteiger partial charge in [-0.15, -0.1) is 5.10 Å². The summed E-state index contributed by atoms with van der Waals surface area (Å²) in [4.78, 5) is 0.0545. The number of alkyl halides is 3. The second kappa shape index (κ2) is 6.80. The lowest BCUT2D eigenvalue weighted by Gasteiger charge is -2.09. The number of sulfone groups is 1. The molecule has 3 rings (SSSR count). The van der Waals surface area contributed by atoms with E-state index in [9.17, 15) is 21.6 Å². The molecular formula is C18H16F3N3O2S. The Labute approximate surface area is 154 Å². The van der Waals surface area contributed by atoms with Gasteiger partial charge in [-0.25, -0.2) is 13.1 Å². The molecule has 0 amide bonds. The van der Waals surface area contributed by atoms with Crippen LogP contribution in [0.25, 0.3) is 5.69 Å². The third-order valence-corrected chi connectivity index (χ3v) is 5.95. The zero-order chi connectivity index (χ0) is 19.8. The maximum absolute atomic E-state index is 12.9. The normalized spacial score (nSPS) is 12.3. The van der Waals surface area contributed by atoms with Crippen molar-refractivity contribution in [3.8, 4) is 5.69 Å². The number of nitrogens with zero attached hydrogens (tertiary/aromatic N) is 3. The Morgan fingerprint density at radius 2 is 1.74 bits per heavy atom. The lowest BCUT2D eigenvalue weighted by Crippen LogP contribution is -2.08. The van der Waals surface area contributed by atoms with Crippen molar-refractivity contribution < 1.29 is 21.6 Å². The molecule has 2 aromatic carbocycles. The summed E-state index contributed by atoms with van der Waals surface area (Å²) in [6.45, 7) is 3.40. The van der Waals surface area contributed by atoms with Crippen molar-refractivity contribution in [2.24, 2.45) is 0 Å². The van der Waals surface area contributed by atoms with Crippen LogP contribution in [0.4, 0.5) is 13.2 Å². The average Bonchev–Trinajstić information content (AvgIpc) is 3.03. The predicted octanol–water partition coefficient (Wildman–Crippen LogP) is 3.99. The van der Waals surface area contributed by atoms with E-state index in [1.54, 1.807) is 12.1 Å². The lowest BCUT2D eigenvalue weighted by molar-refractivity contribution is -0.137. The van der Waals surface area contributed by atoms with E-state index in [1.807, 2.05) is 6.92 Å². The van der Waals surface area contributed by atoms with E-state index in [-0.39, 0.29) is 21.3 Å². The number of rotatable bonds is 4. The van der Waals surface area contributed by atoms with Gasteiger partial charge in [-0.1, -0.05) is 30.3 Å². The second-order valence-electron chi connectivity index (χ2n) is 5.94. The van der Waals surface area contributed by atoms with Gasteiger partial charge in [0.2, 0.25) is 14.9 Å². The van der Waals surface area contributed by atoms with Crippen LogP contribution < -0.4 is 0 Å². The molecule has 1 heterocycles. The summed E-state index contributed by atoms with van der Waals surface area (Å²) in [5, 5.41) is 7.19. The molecule has 0 radical (unpaired) electrons. The molecule has 0 aliphatic heterocycles. The van der Waals surface area contributed by atoms with Crippen LogP contribution in [0.1, 0.15) is 23.7 Å². The second-order valence-corrected chi connectivity index (χ2v) is 7.81. The van der Waals surface area contributed by atoms with E-state index in [0.717, 1.165) is 28.8 Å². The van der Waals surface area contributed by atoms with Gasteiger partial charge in [0.05, 0.1) is 21.8 Å². The first-order valence-corrected chi connectivity index (χ1v) is 9.57. The van der Waals surface area contributed by atoms with E-state index >= 15 is 0 Å². The minimum absolute atomic E-state index is 0.0545. The molecule has 0 N–H and O–H groups in total. The van der Waals surface area contributed by atoms with Crippen molar-refractivity contribution >= 4 is 9.84 Å². The van der Waals surface area contributed by atoms with Gasteiger partial charge in [0, 0.05) is 0 Å². The van der Waals surface area contributed by atoms with Crippen LogP contribution in [-0.4, -0.2) is 23.4 Å². The highest BCUT2D eigenvalue weighted by atomic mass is 32.2. The number of hydrogen-bond donors (Lipinski definition) is 0. The lowest BCUT2D eigenvalue weighted by atomic mass is 10.2. The third kappa shape index (κ3) is 3.59. The molecule has 0 bridgehead atoms. The number of aryl methyl sites for hydroxylation is 1. The first-order valence-electron chi connectivity index (χ1n) is 8.08. The summed E-state index contributed by atoms with van der Waals surface area (Å²) in [5.41, 5.74) is 0.347. The van der Waals surface area contributed by atoms with E-state index in [0.29, 0.717) is 0 Å². The number of hydrogen-bond acceptors (Lipinski definition) is 4. The van der Waals surface area contributed by atoms with Crippen molar-refractivity contribution in [3.63, 3.8) is 0 Å². The SMILES string of the molecule is CCc1ccc(S(=O)(=O)c2nnn(-c3cccc(C(F)(F)F)c3)c2C)cc1. The molecule has 0 saturated heterocycles. The summed E-state index contributed by atoms with van der Waals surface area (Å²) in [6.07, 6.45) is -3.74. The highest BCUT2D eigenvalue weighted by molar-refractivity contribution is 7.91. The van der Waals surface area contributed by atoms with Crippen molar-refractivity contribution in [2.45, 2.75) is 36.4 Å². The Kier molecular flexibility index (Phi) is 4.81. The van der Waals surface area contributed by atoms with Crippen molar-refractivity contribution in [2.75, 3.05) is 0 Å². The van der Waals surface area contributed by atoms with Crippen LogP contribution in [0.2, 0.25) is 0 Å². The van der Waals surface area contributed by atoms with Crippen molar-refractivity contribution in [1.82, 2.24) is 15.0 Å². The van der Waals surface area contributed by atoms with Crippen LogP contribution in [0.15, 0.2) is 58.5 Å². The van der Waals surface area contributed by atoms with E-state index < -0.39 is 21.6 Å². The van der Waals surface area contributed by atoms with Gasteiger partial charge in [-0.2, -0.15) is 13.2 Å². The average molecular weight is 395 g/mol. The fourth-order valence-electron chi connectivity index (χ4n) is 2.64. The molecule has 5 nitrogen and oxygen atoms in total.